The Labute approximate surface area is 84.2 Å². The molecule has 80 valence electrons. The van der Waals surface area contributed by atoms with Crippen LogP contribution in [0.1, 0.15) is 6.42 Å². The van der Waals surface area contributed by atoms with Gasteiger partial charge in [0.2, 0.25) is 0 Å². The van der Waals surface area contributed by atoms with Gasteiger partial charge in [-0.05, 0) is 12.3 Å². The lowest BCUT2D eigenvalue weighted by Crippen LogP contribution is -2.34. The second kappa shape index (κ2) is 4.00. The average molecular weight is 217 g/mol. The van der Waals surface area contributed by atoms with E-state index in [0.29, 0.717) is 5.92 Å². The SMILES string of the molecule is O=S1(=O)C=CC(NCC2CCOC2)C1. The highest BCUT2D eigenvalue weighted by Gasteiger charge is 2.23. The van der Waals surface area contributed by atoms with Gasteiger partial charge in [0, 0.05) is 24.6 Å². The first-order valence-electron chi connectivity index (χ1n) is 4.88. The third kappa shape index (κ3) is 2.56. The van der Waals surface area contributed by atoms with Crippen molar-refractivity contribution in [2.75, 3.05) is 25.5 Å². The smallest absolute Gasteiger partial charge is 0.173 e. The van der Waals surface area contributed by atoms with Crippen molar-refractivity contribution >= 4 is 9.84 Å². The van der Waals surface area contributed by atoms with E-state index in [1.165, 1.54) is 5.41 Å². The Balaban J connectivity index is 1.75. The van der Waals surface area contributed by atoms with Crippen LogP contribution in [-0.2, 0) is 14.6 Å². The molecule has 5 heteroatoms. The molecular formula is C9H15NO3S. The molecule has 2 heterocycles. The van der Waals surface area contributed by atoms with E-state index in [1.807, 2.05) is 0 Å². The fourth-order valence-electron chi connectivity index (χ4n) is 1.77. The van der Waals surface area contributed by atoms with Crippen LogP contribution in [0.15, 0.2) is 11.5 Å². The largest absolute Gasteiger partial charge is 0.381 e. The molecule has 0 amide bonds. The third-order valence-electron chi connectivity index (χ3n) is 2.62. The predicted molar refractivity (Wildman–Crippen MR) is 53.6 cm³/mol. The van der Waals surface area contributed by atoms with Crippen LogP contribution in [0.4, 0.5) is 0 Å². The molecule has 1 saturated heterocycles. The highest BCUT2D eigenvalue weighted by molar-refractivity contribution is 7.94. The summed E-state index contributed by atoms with van der Waals surface area (Å²) in [6.45, 7) is 2.49. The maximum Gasteiger partial charge on any atom is 0.173 e. The zero-order valence-corrected chi connectivity index (χ0v) is 8.79. The zero-order valence-electron chi connectivity index (χ0n) is 7.98. The van der Waals surface area contributed by atoms with Crippen LogP contribution < -0.4 is 5.32 Å². The van der Waals surface area contributed by atoms with Crippen molar-refractivity contribution in [2.24, 2.45) is 5.92 Å². The van der Waals surface area contributed by atoms with Crippen LogP contribution in [0, 0.1) is 5.92 Å². The van der Waals surface area contributed by atoms with Crippen molar-refractivity contribution in [2.45, 2.75) is 12.5 Å². The normalized spacial score (nSPS) is 35.1. The van der Waals surface area contributed by atoms with Crippen molar-refractivity contribution in [3.8, 4) is 0 Å². The van der Waals surface area contributed by atoms with E-state index in [1.54, 1.807) is 6.08 Å². The monoisotopic (exact) mass is 217 g/mol. The fourth-order valence-corrected chi connectivity index (χ4v) is 3.03. The lowest BCUT2D eigenvalue weighted by Gasteiger charge is -2.12. The van der Waals surface area contributed by atoms with Gasteiger partial charge in [-0.25, -0.2) is 8.42 Å². The number of nitrogens with one attached hydrogen (secondary N) is 1. The summed E-state index contributed by atoms with van der Waals surface area (Å²) < 4.78 is 27.4. The van der Waals surface area contributed by atoms with Gasteiger partial charge in [-0.15, -0.1) is 0 Å². The van der Waals surface area contributed by atoms with Gasteiger partial charge in [-0.3, -0.25) is 0 Å². The Morgan fingerprint density at radius 1 is 1.50 bits per heavy atom. The lowest BCUT2D eigenvalue weighted by atomic mass is 10.1. The molecule has 0 aromatic heterocycles. The minimum atomic E-state index is -2.92. The fraction of sp³-hybridized carbons (Fsp3) is 0.778. The predicted octanol–water partition coefficient (Wildman–Crippen LogP) is -0.0768. The van der Waals surface area contributed by atoms with Crippen LogP contribution >= 0.6 is 0 Å². The Kier molecular flexibility index (Phi) is 2.90. The molecule has 14 heavy (non-hydrogen) atoms. The molecule has 2 atom stereocenters. The summed E-state index contributed by atoms with van der Waals surface area (Å²) in [6.07, 6.45) is 2.81. The maximum absolute atomic E-state index is 11.1. The van der Waals surface area contributed by atoms with Crippen molar-refractivity contribution < 1.29 is 13.2 Å². The minimum absolute atomic E-state index is 0.000556. The molecule has 1 N–H and O–H groups in total. The number of hydrogen-bond donors (Lipinski definition) is 1. The summed E-state index contributed by atoms with van der Waals surface area (Å²) in [5, 5.41) is 4.53. The quantitative estimate of drug-likeness (QED) is 0.718. The molecule has 2 unspecified atom stereocenters. The molecule has 0 radical (unpaired) electrons. The van der Waals surface area contributed by atoms with E-state index in [0.717, 1.165) is 26.2 Å². The summed E-state index contributed by atoms with van der Waals surface area (Å²) in [7, 11) is -2.92. The van der Waals surface area contributed by atoms with Gasteiger partial charge in [0.25, 0.3) is 0 Å². The van der Waals surface area contributed by atoms with Gasteiger partial charge in [-0.2, -0.15) is 0 Å². The van der Waals surface area contributed by atoms with Crippen molar-refractivity contribution in [1.29, 1.82) is 0 Å². The summed E-state index contributed by atoms with van der Waals surface area (Å²) >= 11 is 0. The molecule has 0 spiro atoms. The van der Waals surface area contributed by atoms with Gasteiger partial charge in [0.1, 0.15) is 0 Å². The minimum Gasteiger partial charge on any atom is -0.381 e. The van der Waals surface area contributed by atoms with Crippen LogP contribution in [0.3, 0.4) is 0 Å². The standard InChI is InChI=1S/C9H15NO3S/c11-14(12)4-2-9(7-14)10-5-8-1-3-13-6-8/h2,4,8-10H,1,3,5-7H2. The Morgan fingerprint density at radius 2 is 2.36 bits per heavy atom. The molecule has 2 rings (SSSR count). The molecule has 0 aromatic carbocycles. The summed E-state index contributed by atoms with van der Waals surface area (Å²) in [5.74, 6) is 0.757. The first-order valence-corrected chi connectivity index (χ1v) is 6.59. The van der Waals surface area contributed by atoms with Gasteiger partial charge in [0.15, 0.2) is 9.84 Å². The first-order chi connectivity index (χ1) is 6.66. The van der Waals surface area contributed by atoms with Crippen LogP contribution in [0.25, 0.3) is 0 Å². The molecule has 0 aromatic rings. The highest BCUT2D eigenvalue weighted by Crippen LogP contribution is 2.13. The molecule has 0 saturated carbocycles. The topological polar surface area (TPSA) is 55.4 Å². The lowest BCUT2D eigenvalue weighted by molar-refractivity contribution is 0.185. The van der Waals surface area contributed by atoms with Gasteiger partial charge in [0.05, 0.1) is 12.4 Å². The van der Waals surface area contributed by atoms with E-state index in [4.69, 9.17) is 4.74 Å². The third-order valence-corrected chi connectivity index (χ3v) is 4.02. The first kappa shape index (κ1) is 10.1. The molecule has 0 bridgehead atoms. The van der Waals surface area contributed by atoms with Gasteiger partial charge in [-0.1, -0.05) is 6.08 Å². The zero-order chi connectivity index (χ0) is 10.0. The Bertz CT molecular complexity index is 317. The summed E-state index contributed by atoms with van der Waals surface area (Å²) in [4.78, 5) is 0. The molecule has 1 fully saturated rings. The second-order valence-corrected chi connectivity index (χ2v) is 5.83. The van der Waals surface area contributed by atoms with E-state index in [9.17, 15) is 8.42 Å². The van der Waals surface area contributed by atoms with Gasteiger partial charge < -0.3 is 10.1 Å². The molecular weight excluding hydrogens is 202 g/mol. The summed E-state index contributed by atoms with van der Waals surface area (Å²) in [5.41, 5.74) is 0. The average Bonchev–Trinajstić information content (AvgIpc) is 2.70. The number of rotatable bonds is 3. The van der Waals surface area contributed by atoms with E-state index in [2.05, 4.69) is 5.32 Å². The van der Waals surface area contributed by atoms with Crippen LogP contribution in [0.2, 0.25) is 0 Å². The van der Waals surface area contributed by atoms with Crippen molar-refractivity contribution in [1.82, 2.24) is 5.32 Å². The Hall–Kier alpha value is -0.390. The highest BCUT2D eigenvalue weighted by atomic mass is 32.2. The van der Waals surface area contributed by atoms with Gasteiger partial charge >= 0.3 is 0 Å². The number of ether oxygens (including phenoxy) is 1. The van der Waals surface area contributed by atoms with Crippen LogP contribution in [0.5, 0.6) is 0 Å². The molecule has 2 aliphatic heterocycles. The molecule has 4 nitrogen and oxygen atoms in total. The number of sulfone groups is 1. The Morgan fingerprint density at radius 3 is 2.93 bits per heavy atom. The van der Waals surface area contributed by atoms with Crippen LogP contribution in [-0.4, -0.2) is 40.0 Å². The van der Waals surface area contributed by atoms with E-state index >= 15 is 0 Å². The molecule has 2 aliphatic rings. The van der Waals surface area contributed by atoms with Crippen molar-refractivity contribution in [3.63, 3.8) is 0 Å². The second-order valence-electron chi connectivity index (χ2n) is 3.90. The summed E-state index contributed by atoms with van der Waals surface area (Å²) in [6, 6.07) is 0.000556. The maximum atomic E-state index is 11.1. The number of hydrogen-bond acceptors (Lipinski definition) is 4. The van der Waals surface area contributed by atoms with Crippen molar-refractivity contribution in [3.05, 3.63) is 11.5 Å². The van der Waals surface area contributed by atoms with E-state index < -0.39 is 9.84 Å². The molecule has 0 aliphatic carbocycles. The van der Waals surface area contributed by atoms with E-state index in [-0.39, 0.29) is 11.8 Å².